The van der Waals surface area contributed by atoms with E-state index in [1.54, 1.807) is 0 Å². The molecule has 4 nitrogen and oxygen atoms in total. The summed E-state index contributed by atoms with van der Waals surface area (Å²) in [6.07, 6.45) is 4.72. The highest BCUT2D eigenvalue weighted by molar-refractivity contribution is 5.85. The van der Waals surface area contributed by atoms with E-state index in [9.17, 15) is 0 Å². The van der Waals surface area contributed by atoms with Crippen molar-refractivity contribution in [2.45, 2.75) is 37.5 Å². The van der Waals surface area contributed by atoms with Gasteiger partial charge in [-0.1, -0.05) is 0 Å². The number of halogens is 1. The molecule has 1 N–H and O–H groups in total. The lowest BCUT2D eigenvalue weighted by molar-refractivity contribution is 0.361. The van der Waals surface area contributed by atoms with Gasteiger partial charge in [0.25, 0.3) is 0 Å². The van der Waals surface area contributed by atoms with Gasteiger partial charge in [0.2, 0.25) is 11.8 Å². The smallest absolute Gasteiger partial charge is 0.219 e. The summed E-state index contributed by atoms with van der Waals surface area (Å²) < 4.78 is 5.70. The van der Waals surface area contributed by atoms with Crippen LogP contribution in [-0.4, -0.2) is 23.3 Å². The number of rotatable bonds is 2. The van der Waals surface area contributed by atoms with Crippen LogP contribution in [0.5, 0.6) is 0 Å². The van der Waals surface area contributed by atoms with E-state index in [1.165, 1.54) is 12.8 Å². The second-order valence-electron chi connectivity index (χ2n) is 4.28. The molecule has 0 amide bonds. The second kappa shape index (κ2) is 4.49. The molecule has 2 heterocycles. The lowest BCUT2D eigenvalue weighted by Gasteiger charge is -2.18. The first-order valence-electron chi connectivity index (χ1n) is 5.47. The third kappa shape index (κ3) is 2.32. The minimum Gasteiger partial charge on any atom is -0.425 e. The van der Waals surface area contributed by atoms with E-state index >= 15 is 0 Å². The van der Waals surface area contributed by atoms with Gasteiger partial charge in [-0.3, -0.25) is 0 Å². The number of nitrogens with one attached hydrogen (secondary N) is 1. The Kier molecular flexibility index (Phi) is 3.26. The van der Waals surface area contributed by atoms with Crippen molar-refractivity contribution in [3.63, 3.8) is 0 Å². The van der Waals surface area contributed by atoms with Gasteiger partial charge in [-0.2, -0.15) is 0 Å². The Morgan fingerprint density at radius 3 is 2.00 bits per heavy atom. The van der Waals surface area contributed by atoms with Gasteiger partial charge in [0.1, 0.15) is 0 Å². The zero-order chi connectivity index (χ0) is 9.38. The van der Waals surface area contributed by atoms with Crippen molar-refractivity contribution in [2.24, 2.45) is 0 Å². The first-order chi connectivity index (χ1) is 6.93. The fourth-order valence-corrected chi connectivity index (χ4v) is 1.98. The van der Waals surface area contributed by atoms with Crippen LogP contribution in [0.1, 0.15) is 49.3 Å². The first kappa shape index (κ1) is 10.9. The Labute approximate surface area is 95.2 Å². The Hall–Kier alpha value is -0.610. The minimum absolute atomic E-state index is 0. The summed E-state index contributed by atoms with van der Waals surface area (Å²) in [6.45, 7) is 2.15. The maximum atomic E-state index is 5.70. The number of piperidine rings is 1. The molecule has 0 radical (unpaired) electrons. The van der Waals surface area contributed by atoms with Crippen LogP contribution in [0.25, 0.3) is 0 Å². The number of aromatic nitrogens is 2. The first-order valence-corrected chi connectivity index (χ1v) is 5.47. The zero-order valence-corrected chi connectivity index (χ0v) is 9.42. The van der Waals surface area contributed by atoms with E-state index in [0.29, 0.717) is 11.8 Å². The summed E-state index contributed by atoms with van der Waals surface area (Å²) >= 11 is 0. The van der Waals surface area contributed by atoms with Crippen LogP contribution in [0.4, 0.5) is 0 Å². The molecule has 0 unspecified atom stereocenters. The van der Waals surface area contributed by atoms with Crippen LogP contribution < -0.4 is 5.32 Å². The SMILES string of the molecule is C1CC(c2nnc(C3CC3)o2)CCN1.Cl. The Bertz CT molecular complexity index is 318. The van der Waals surface area contributed by atoms with Gasteiger partial charge >= 0.3 is 0 Å². The zero-order valence-electron chi connectivity index (χ0n) is 8.61. The van der Waals surface area contributed by atoms with E-state index in [-0.39, 0.29) is 12.4 Å². The highest BCUT2D eigenvalue weighted by Gasteiger charge is 2.30. The number of hydrogen-bond acceptors (Lipinski definition) is 4. The van der Waals surface area contributed by atoms with E-state index in [2.05, 4.69) is 15.5 Å². The standard InChI is InChI=1S/C10H15N3O.ClH/c1-2-7(1)9-12-13-10(14-9)8-3-5-11-6-4-8;/h7-8,11H,1-6H2;1H. The fraction of sp³-hybridized carbons (Fsp3) is 0.800. The van der Waals surface area contributed by atoms with Crippen LogP contribution in [0.3, 0.4) is 0 Å². The van der Waals surface area contributed by atoms with Crippen molar-refractivity contribution in [3.05, 3.63) is 11.8 Å². The topological polar surface area (TPSA) is 51.0 Å². The molecule has 1 saturated carbocycles. The molecular weight excluding hydrogens is 214 g/mol. The maximum Gasteiger partial charge on any atom is 0.219 e. The summed E-state index contributed by atoms with van der Waals surface area (Å²) in [5.41, 5.74) is 0. The molecule has 0 aromatic carbocycles. The summed E-state index contributed by atoms with van der Waals surface area (Å²) in [7, 11) is 0. The lowest BCUT2D eigenvalue weighted by Crippen LogP contribution is -2.26. The van der Waals surface area contributed by atoms with Gasteiger partial charge in [-0.05, 0) is 38.8 Å². The molecule has 1 aromatic heterocycles. The van der Waals surface area contributed by atoms with Crippen LogP contribution in [0.15, 0.2) is 4.42 Å². The van der Waals surface area contributed by atoms with Gasteiger partial charge in [0.15, 0.2) is 0 Å². The van der Waals surface area contributed by atoms with Crippen molar-refractivity contribution in [2.75, 3.05) is 13.1 Å². The average molecular weight is 230 g/mol. The molecule has 1 saturated heterocycles. The molecule has 84 valence electrons. The largest absolute Gasteiger partial charge is 0.425 e. The summed E-state index contributed by atoms with van der Waals surface area (Å²) in [5, 5.41) is 11.6. The molecule has 1 aromatic rings. The second-order valence-corrected chi connectivity index (χ2v) is 4.28. The molecule has 15 heavy (non-hydrogen) atoms. The summed E-state index contributed by atoms with van der Waals surface area (Å²) in [4.78, 5) is 0. The van der Waals surface area contributed by atoms with Crippen molar-refractivity contribution >= 4 is 12.4 Å². The fourth-order valence-electron chi connectivity index (χ4n) is 1.98. The Morgan fingerprint density at radius 2 is 1.47 bits per heavy atom. The average Bonchev–Trinajstić information content (AvgIpc) is 2.98. The minimum atomic E-state index is 0. The van der Waals surface area contributed by atoms with Crippen LogP contribution in [0, 0.1) is 0 Å². The van der Waals surface area contributed by atoms with Crippen molar-refractivity contribution in [3.8, 4) is 0 Å². The molecule has 2 aliphatic rings. The third-order valence-electron chi connectivity index (χ3n) is 3.07. The molecular formula is C10H16ClN3O. The van der Waals surface area contributed by atoms with Gasteiger partial charge < -0.3 is 9.73 Å². The van der Waals surface area contributed by atoms with E-state index in [0.717, 1.165) is 37.7 Å². The van der Waals surface area contributed by atoms with E-state index in [1.807, 2.05) is 0 Å². The number of nitrogens with zero attached hydrogens (tertiary/aromatic N) is 2. The molecule has 5 heteroatoms. The van der Waals surface area contributed by atoms with Crippen LogP contribution in [0.2, 0.25) is 0 Å². The lowest BCUT2D eigenvalue weighted by atomic mass is 9.98. The Morgan fingerprint density at radius 1 is 0.933 bits per heavy atom. The summed E-state index contributed by atoms with van der Waals surface area (Å²) in [5.74, 6) is 2.82. The van der Waals surface area contributed by atoms with E-state index < -0.39 is 0 Å². The van der Waals surface area contributed by atoms with E-state index in [4.69, 9.17) is 4.42 Å². The van der Waals surface area contributed by atoms with Gasteiger partial charge in [0.05, 0.1) is 0 Å². The predicted molar refractivity (Wildman–Crippen MR) is 58.4 cm³/mol. The molecule has 1 aliphatic heterocycles. The van der Waals surface area contributed by atoms with Crippen molar-refractivity contribution < 1.29 is 4.42 Å². The van der Waals surface area contributed by atoms with Crippen molar-refractivity contribution in [1.82, 2.24) is 15.5 Å². The summed E-state index contributed by atoms with van der Waals surface area (Å²) in [6, 6.07) is 0. The monoisotopic (exact) mass is 229 g/mol. The van der Waals surface area contributed by atoms with Crippen LogP contribution >= 0.6 is 12.4 Å². The van der Waals surface area contributed by atoms with Gasteiger partial charge in [0, 0.05) is 11.8 Å². The van der Waals surface area contributed by atoms with Gasteiger partial charge in [-0.25, -0.2) is 0 Å². The predicted octanol–water partition coefficient (Wildman–Crippen LogP) is 1.84. The highest BCUT2D eigenvalue weighted by Crippen LogP contribution is 2.40. The molecule has 0 spiro atoms. The third-order valence-corrected chi connectivity index (χ3v) is 3.07. The molecule has 0 bridgehead atoms. The van der Waals surface area contributed by atoms with Crippen molar-refractivity contribution in [1.29, 1.82) is 0 Å². The Balaban J connectivity index is 0.000000853. The normalized spacial score (nSPS) is 22.4. The number of hydrogen-bond donors (Lipinski definition) is 1. The van der Waals surface area contributed by atoms with Crippen LogP contribution in [-0.2, 0) is 0 Å². The molecule has 1 aliphatic carbocycles. The van der Waals surface area contributed by atoms with Gasteiger partial charge in [-0.15, -0.1) is 22.6 Å². The highest BCUT2D eigenvalue weighted by atomic mass is 35.5. The quantitative estimate of drug-likeness (QED) is 0.841. The maximum absolute atomic E-state index is 5.70. The molecule has 2 fully saturated rings. The molecule has 0 atom stereocenters. The molecule has 3 rings (SSSR count).